The molecular formula is C19H16ClNO3S. The van der Waals surface area contributed by atoms with Crippen molar-refractivity contribution in [3.8, 4) is 0 Å². The molecule has 0 amide bonds. The van der Waals surface area contributed by atoms with Gasteiger partial charge in [0.15, 0.2) is 0 Å². The predicted octanol–water partition coefficient (Wildman–Crippen LogP) is 4.65. The Balaban J connectivity index is 1.77. The zero-order valence-corrected chi connectivity index (χ0v) is 15.1. The Hall–Kier alpha value is -2.24. The normalized spacial score (nSPS) is 10.8. The quantitative estimate of drug-likeness (QED) is 0.610. The average molecular weight is 374 g/mol. The van der Waals surface area contributed by atoms with Crippen molar-refractivity contribution in [2.45, 2.75) is 5.75 Å². The lowest BCUT2D eigenvalue weighted by atomic mass is 10.2. The third-order valence-corrected chi connectivity index (χ3v) is 4.99. The molecule has 4 nitrogen and oxygen atoms in total. The van der Waals surface area contributed by atoms with Crippen LogP contribution in [0.1, 0.15) is 20.7 Å². The van der Waals surface area contributed by atoms with Crippen molar-refractivity contribution in [3.05, 3.63) is 70.9 Å². The molecular weight excluding hydrogens is 358 g/mol. The zero-order valence-electron chi connectivity index (χ0n) is 13.6. The van der Waals surface area contributed by atoms with Crippen molar-refractivity contribution in [2.24, 2.45) is 0 Å². The molecule has 6 heteroatoms. The summed E-state index contributed by atoms with van der Waals surface area (Å²) < 4.78 is 6.33. The van der Waals surface area contributed by atoms with Crippen LogP contribution in [-0.4, -0.2) is 29.3 Å². The molecule has 3 aromatic rings. The summed E-state index contributed by atoms with van der Waals surface area (Å²) in [5.41, 5.74) is 2.17. The van der Waals surface area contributed by atoms with Gasteiger partial charge in [-0.2, -0.15) is 0 Å². The number of hydrogen-bond acceptors (Lipinski definition) is 4. The molecule has 128 valence electrons. The number of rotatable bonds is 5. The topological polar surface area (TPSA) is 48.3 Å². The van der Waals surface area contributed by atoms with Crippen LogP contribution < -0.4 is 0 Å². The molecule has 1 aromatic heterocycles. The SMILES string of the molecule is COC(=O)c1cn(C(=O)CSCc2cccc(Cl)c2)c2ccccc12. The van der Waals surface area contributed by atoms with E-state index < -0.39 is 5.97 Å². The number of thioether (sulfide) groups is 1. The first kappa shape index (κ1) is 17.6. The number of hydrogen-bond donors (Lipinski definition) is 0. The van der Waals surface area contributed by atoms with E-state index in [0.717, 1.165) is 5.56 Å². The van der Waals surface area contributed by atoms with Gasteiger partial charge in [0.1, 0.15) is 0 Å². The van der Waals surface area contributed by atoms with Gasteiger partial charge in [0.25, 0.3) is 0 Å². The number of carbonyl (C=O) groups excluding carboxylic acids is 2. The fraction of sp³-hybridized carbons (Fsp3) is 0.158. The van der Waals surface area contributed by atoms with Crippen molar-refractivity contribution in [1.82, 2.24) is 4.57 Å². The Bertz CT molecular complexity index is 935. The van der Waals surface area contributed by atoms with Crippen LogP contribution in [0.5, 0.6) is 0 Å². The van der Waals surface area contributed by atoms with Gasteiger partial charge in [-0.25, -0.2) is 4.79 Å². The molecule has 0 bridgehead atoms. The number of esters is 1. The third kappa shape index (κ3) is 3.89. The summed E-state index contributed by atoms with van der Waals surface area (Å²) in [6.45, 7) is 0. The lowest BCUT2D eigenvalue weighted by Gasteiger charge is -2.05. The second-order valence-corrected chi connectivity index (χ2v) is 6.86. The van der Waals surface area contributed by atoms with Crippen molar-refractivity contribution in [2.75, 3.05) is 12.9 Å². The second-order valence-electron chi connectivity index (χ2n) is 5.44. The van der Waals surface area contributed by atoms with Crippen LogP contribution in [0, 0.1) is 0 Å². The van der Waals surface area contributed by atoms with Crippen LogP contribution in [0.4, 0.5) is 0 Å². The van der Waals surface area contributed by atoms with Crippen molar-refractivity contribution in [3.63, 3.8) is 0 Å². The Labute approximate surface area is 154 Å². The fourth-order valence-electron chi connectivity index (χ4n) is 2.61. The summed E-state index contributed by atoms with van der Waals surface area (Å²) in [7, 11) is 1.33. The van der Waals surface area contributed by atoms with Crippen LogP contribution in [-0.2, 0) is 10.5 Å². The molecule has 0 aliphatic carbocycles. The Morgan fingerprint density at radius 3 is 2.72 bits per heavy atom. The van der Waals surface area contributed by atoms with Crippen molar-refractivity contribution >= 4 is 46.1 Å². The van der Waals surface area contributed by atoms with Gasteiger partial charge in [0.05, 0.1) is 23.9 Å². The molecule has 0 unspecified atom stereocenters. The molecule has 0 atom stereocenters. The molecule has 0 spiro atoms. The molecule has 0 N–H and O–H groups in total. The number of methoxy groups -OCH3 is 1. The highest BCUT2D eigenvalue weighted by Gasteiger charge is 2.18. The maximum Gasteiger partial charge on any atom is 0.340 e. The molecule has 0 aliphatic heterocycles. The van der Waals surface area contributed by atoms with Crippen molar-refractivity contribution < 1.29 is 14.3 Å². The van der Waals surface area contributed by atoms with E-state index >= 15 is 0 Å². The van der Waals surface area contributed by atoms with E-state index in [2.05, 4.69) is 0 Å². The lowest BCUT2D eigenvalue weighted by Crippen LogP contribution is -2.12. The van der Waals surface area contributed by atoms with E-state index in [-0.39, 0.29) is 5.91 Å². The second kappa shape index (κ2) is 7.76. The molecule has 0 saturated carbocycles. The van der Waals surface area contributed by atoms with Gasteiger partial charge < -0.3 is 4.74 Å². The summed E-state index contributed by atoms with van der Waals surface area (Å²) in [6, 6.07) is 14.9. The van der Waals surface area contributed by atoms with Gasteiger partial charge in [-0.1, -0.05) is 41.9 Å². The highest BCUT2D eigenvalue weighted by Crippen LogP contribution is 2.23. The number of carbonyl (C=O) groups is 2. The minimum absolute atomic E-state index is 0.0848. The van der Waals surface area contributed by atoms with E-state index in [1.807, 2.05) is 48.5 Å². The minimum atomic E-state index is -0.450. The fourth-order valence-corrected chi connectivity index (χ4v) is 3.66. The van der Waals surface area contributed by atoms with Crippen LogP contribution in [0.15, 0.2) is 54.7 Å². The maximum atomic E-state index is 12.6. The first-order valence-electron chi connectivity index (χ1n) is 7.64. The smallest absolute Gasteiger partial charge is 0.340 e. The van der Waals surface area contributed by atoms with E-state index in [1.165, 1.54) is 23.4 Å². The van der Waals surface area contributed by atoms with E-state index in [9.17, 15) is 9.59 Å². The zero-order chi connectivity index (χ0) is 17.8. The van der Waals surface area contributed by atoms with E-state index in [4.69, 9.17) is 16.3 Å². The summed E-state index contributed by atoms with van der Waals surface area (Å²) in [5, 5.41) is 1.39. The number of benzene rings is 2. The summed E-state index contributed by atoms with van der Waals surface area (Å²) >= 11 is 7.47. The third-order valence-electron chi connectivity index (χ3n) is 3.77. The number of para-hydroxylation sites is 1. The summed E-state index contributed by atoms with van der Waals surface area (Å²) in [4.78, 5) is 24.5. The highest BCUT2D eigenvalue weighted by molar-refractivity contribution is 7.99. The predicted molar refractivity (Wildman–Crippen MR) is 102 cm³/mol. The number of fused-ring (bicyclic) bond motifs is 1. The largest absolute Gasteiger partial charge is 0.465 e. The van der Waals surface area contributed by atoms with Crippen LogP contribution in [0.25, 0.3) is 10.9 Å². The van der Waals surface area contributed by atoms with Gasteiger partial charge in [0.2, 0.25) is 5.91 Å². The van der Waals surface area contributed by atoms with Crippen LogP contribution in [0.2, 0.25) is 5.02 Å². The Morgan fingerprint density at radius 2 is 1.96 bits per heavy atom. The molecule has 3 rings (SSSR count). The molecule has 1 heterocycles. The van der Waals surface area contributed by atoms with Crippen molar-refractivity contribution in [1.29, 1.82) is 0 Å². The van der Waals surface area contributed by atoms with Gasteiger partial charge in [-0.15, -0.1) is 11.8 Å². The first-order valence-corrected chi connectivity index (χ1v) is 9.17. The van der Waals surface area contributed by atoms with Gasteiger partial charge in [-0.3, -0.25) is 9.36 Å². The average Bonchev–Trinajstić information content (AvgIpc) is 3.01. The standard InChI is InChI=1S/C19H16ClNO3S/c1-24-19(23)16-10-21(17-8-3-2-7-15(16)17)18(22)12-25-11-13-5-4-6-14(20)9-13/h2-10H,11-12H2,1H3. The van der Waals surface area contributed by atoms with Gasteiger partial charge >= 0.3 is 5.97 Å². The number of aromatic nitrogens is 1. The molecule has 0 aliphatic rings. The first-order chi connectivity index (χ1) is 12.1. The minimum Gasteiger partial charge on any atom is -0.465 e. The monoisotopic (exact) mass is 373 g/mol. The van der Waals surface area contributed by atoms with Gasteiger partial charge in [-0.05, 0) is 23.8 Å². The van der Waals surface area contributed by atoms with Crippen LogP contribution in [0.3, 0.4) is 0 Å². The van der Waals surface area contributed by atoms with E-state index in [1.54, 1.807) is 6.20 Å². The number of halogens is 1. The Kier molecular flexibility index (Phi) is 5.46. The maximum absolute atomic E-state index is 12.6. The Morgan fingerprint density at radius 1 is 1.16 bits per heavy atom. The molecule has 2 aromatic carbocycles. The highest BCUT2D eigenvalue weighted by atomic mass is 35.5. The lowest BCUT2D eigenvalue weighted by molar-refractivity contribution is 0.0603. The summed E-state index contributed by atoms with van der Waals surface area (Å²) in [5.74, 6) is 0.453. The number of ether oxygens (including phenoxy) is 1. The number of nitrogens with zero attached hydrogens (tertiary/aromatic N) is 1. The molecule has 0 fully saturated rings. The molecule has 0 saturated heterocycles. The van der Waals surface area contributed by atoms with Gasteiger partial charge in [0, 0.05) is 22.4 Å². The van der Waals surface area contributed by atoms with Crippen LogP contribution >= 0.6 is 23.4 Å². The molecule has 0 radical (unpaired) electrons. The molecule has 25 heavy (non-hydrogen) atoms. The van der Waals surface area contributed by atoms with E-state index in [0.29, 0.717) is 33.0 Å². The summed E-state index contributed by atoms with van der Waals surface area (Å²) in [6.07, 6.45) is 1.55.